The summed E-state index contributed by atoms with van der Waals surface area (Å²) in [6, 6.07) is 5.52. The first-order valence-corrected chi connectivity index (χ1v) is 8.50. The quantitative estimate of drug-likeness (QED) is 0.547. The first kappa shape index (κ1) is 18.9. The van der Waals surface area contributed by atoms with Crippen molar-refractivity contribution >= 4 is 52.2 Å². The number of carboxylic acids is 2. The van der Waals surface area contributed by atoms with Crippen LogP contribution in [0.5, 0.6) is 5.75 Å². The largest absolute Gasteiger partial charge is 0.482 e. The molecule has 7 nitrogen and oxygen atoms in total. The summed E-state index contributed by atoms with van der Waals surface area (Å²) in [6.07, 6.45) is 1.86. The maximum atomic E-state index is 12.5. The standard InChI is InChI=1S/C16H15NO6S2/c1-2-11(15(21)22)17-14(20)12(25-16(17)24)7-9-3-5-10(6-4-9)23-8-13(18)19/h3-7,11H,2,8H2,1H3,(H,18,19)(H,21,22)/b12-7-. The second-order valence-corrected chi connectivity index (χ2v) is 6.74. The zero-order valence-corrected chi connectivity index (χ0v) is 14.8. The average Bonchev–Trinajstić information content (AvgIpc) is 2.82. The van der Waals surface area contributed by atoms with Crippen LogP contribution in [0.1, 0.15) is 18.9 Å². The summed E-state index contributed by atoms with van der Waals surface area (Å²) in [5.74, 6) is -2.21. The zero-order chi connectivity index (χ0) is 18.6. The lowest BCUT2D eigenvalue weighted by molar-refractivity contribution is -0.145. The molecule has 1 heterocycles. The highest BCUT2D eigenvalue weighted by molar-refractivity contribution is 8.26. The molecule has 1 aromatic carbocycles. The topological polar surface area (TPSA) is 104 Å². The van der Waals surface area contributed by atoms with Gasteiger partial charge < -0.3 is 14.9 Å². The second-order valence-electron chi connectivity index (χ2n) is 5.07. The minimum atomic E-state index is -1.10. The van der Waals surface area contributed by atoms with Gasteiger partial charge in [-0.1, -0.05) is 43.0 Å². The van der Waals surface area contributed by atoms with Crippen molar-refractivity contribution in [2.24, 2.45) is 0 Å². The van der Waals surface area contributed by atoms with Gasteiger partial charge in [0, 0.05) is 0 Å². The van der Waals surface area contributed by atoms with E-state index in [-0.39, 0.29) is 10.7 Å². The Morgan fingerprint density at radius 1 is 1.32 bits per heavy atom. The highest BCUT2D eigenvalue weighted by atomic mass is 32.2. The van der Waals surface area contributed by atoms with Gasteiger partial charge in [-0.05, 0) is 30.2 Å². The summed E-state index contributed by atoms with van der Waals surface area (Å²) in [4.78, 5) is 35.7. The van der Waals surface area contributed by atoms with Crippen LogP contribution in [0.4, 0.5) is 0 Å². The summed E-state index contributed by atoms with van der Waals surface area (Å²) in [5.41, 5.74) is 0.687. The van der Waals surface area contributed by atoms with Crippen molar-refractivity contribution in [1.82, 2.24) is 4.90 Å². The lowest BCUT2D eigenvalue weighted by atomic mass is 10.1. The number of ether oxygens (including phenoxy) is 1. The molecular formula is C16H15NO6S2. The van der Waals surface area contributed by atoms with Gasteiger partial charge >= 0.3 is 11.9 Å². The Labute approximate surface area is 153 Å². The van der Waals surface area contributed by atoms with Gasteiger partial charge in [0.1, 0.15) is 16.1 Å². The van der Waals surface area contributed by atoms with Crippen LogP contribution in [0.15, 0.2) is 29.2 Å². The van der Waals surface area contributed by atoms with Gasteiger partial charge in [-0.25, -0.2) is 9.59 Å². The molecule has 0 aliphatic carbocycles. The van der Waals surface area contributed by atoms with E-state index in [1.807, 2.05) is 0 Å². The van der Waals surface area contributed by atoms with Gasteiger partial charge in [0.25, 0.3) is 5.91 Å². The minimum absolute atomic E-state index is 0.215. The van der Waals surface area contributed by atoms with E-state index in [2.05, 4.69) is 0 Å². The fourth-order valence-corrected chi connectivity index (χ4v) is 3.53. The first-order valence-electron chi connectivity index (χ1n) is 7.28. The average molecular weight is 381 g/mol. The van der Waals surface area contributed by atoms with Gasteiger partial charge in [0.2, 0.25) is 0 Å². The summed E-state index contributed by atoms with van der Waals surface area (Å²) in [6.45, 7) is 1.24. The second kappa shape index (κ2) is 8.13. The molecule has 1 saturated heterocycles. The Bertz CT molecular complexity index is 743. The number of benzene rings is 1. The third-order valence-corrected chi connectivity index (χ3v) is 4.68. The molecular weight excluding hydrogens is 366 g/mol. The summed E-state index contributed by atoms with van der Waals surface area (Å²) >= 11 is 6.19. The molecule has 1 aliphatic heterocycles. The molecule has 132 valence electrons. The minimum Gasteiger partial charge on any atom is -0.482 e. The number of aliphatic carboxylic acids is 2. The maximum absolute atomic E-state index is 12.5. The number of thiocarbonyl (C=S) groups is 1. The number of carboxylic acid groups (broad SMARTS) is 2. The van der Waals surface area contributed by atoms with Crippen molar-refractivity contribution in [3.8, 4) is 5.75 Å². The fourth-order valence-electron chi connectivity index (χ4n) is 2.17. The number of thioether (sulfide) groups is 1. The Morgan fingerprint density at radius 3 is 2.48 bits per heavy atom. The number of carbonyl (C=O) groups excluding carboxylic acids is 1. The predicted molar refractivity (Wildman–Crippen MR) is 96.3 cm³/mol. The highest BCUT2D eigenvalue weighted by Crippen LogP contribution is 2.34. The molecule has 0 bridgehead atoms. The first-order chi connectivity index (χ1) is 11.8. The van der Waals surface area contributed by atoms with Crippen LogP contribution in [-0.2, 0) is 14.4 Å². The molecule has 0 aromatic heterocycles. The molecule has 2 rings (SSSR count). The summed E-state index contributed by atoms with van der Waals surface area (Å²) < 4.78 is 5.25. The lowest BCUT2D eigenvalue weighted by Crippen LogP contribution is -2.43. The van der Waals surface area contributed by atoms with Crippen LogP contribution in [-0.4, -0.2) is 49.9 Å². The predicted octanol–water partition coefficient (Wildman–Crippen LogP) is 2.21. The number of carbonyl (C=O) groups is 3. The van der Waals surface area contributed by atoms with Crippen LogP contribution < -0.4 is 4.74 Å². The normalized spacial score (nSPS) is 17.0. The van der Waals surface area contributed by atoms with Crippen LogP contribution >= 0.6 is 24.0 Å². The molecule has 0 saturated carbocycles. The molecule has 1 fully saturated rings. The van der Waals surface area contributed by atoms with Gasteiger partial charge in [-0.3, -0.25) is 9.69 Å². The number of hydrogen-bond acceptors (Lipinski definition) is 6. The van der Waals surface area contributed by atoms with Gasteiger partial charge in [-0.15, -0.1) is 0 Å². The smallest absolute Gasteiger partial charge is 0.341 e. The van der Waals surface area contributed by atoms with E-state index >= 15 is 0 Å². The van der Waals surface area contributed by atoms with Crippen molar-refractivity contribution in [2.75, 3.05) is 6.61 Å². The Hall–Kier alpha value is -2.39. The SMILES string of the molecule is CCC(C(=O)O)N1C(=O)/C(=C/c2ccc(OCC(=O)O)cc2)SC1=S. The van der Waals surface area contributed by atoms with E-state index in [0.717, 1.165) is 16.7 Å². The molecule has 0 radical (unpaired) electrons. The molecule has 1 amide bonds. The highest BCUT2D eigenvalue weighted by Gasteiger charge is 2.39. The number of nitrogens with zero attached hydrogens (tertiary/aromatic N) is 1. The number of rotatable bonds is 7. The van der Waals surface area contributed by atoms with E-state index in [1.165, 1.54) is 0 Å². The third kappa shape index (κ3) is 4.58. The molecule has 1 aromatic rings. The van der Waals surface area contributed by atoms with E-state index in [0.29, 0.717) is 16.2 Å². The van der Waals surface area contributed by atoms with Gasteiger partial charge in [-0.2, -0.15) is 0 Å². The van der Waals surface area contributed by atoms with Crippen molar-refractivity contribution in [2.45, 2.75) is 19.4 Å². The van der Waals surface area contributed by atoms with Crippen LogP contribution in [0.2, 0.25) is 0 Å². The zero-order valence-electron chi connectivity index (χ0n) is 13.2. The molecule has 1 unspecified atom stereocenters. The molecule has 1 atom stereocenters. The maximum Gasteiger partial charge on any atom is 0.341 e. The number of hydrogen-bond donors (Lipinski definition) is 2. The molecule has 0 spiro atoms. The van der Waals surface area contributed by atoms with Crippen LogP contribution in [0.3, 0.4) is 0 Å². The van der Waals surface area contributed by atoms with Crippen molar-refractivity contribution in [3.05, 3.63) is 34.7 Å². The summed E-state index contributed by atoms with van der Waals surface area (Å²) in [5, 5.41) is 17.8. The van der Waals surface area contributed by atoms with Crippen molar-refractivity contribution < 1.29 is 29.3 Å². The van der Waals surface area contributed by atoms with Crippen molar-refractivity contribution in [3.63, 3.8) is 0 Å². The monoisotopic (exact) mass is 381 g/mol. The summed E-state index contributed by atoms with van der Waals surface area (Å²) in [7, 11) is 0. The van der Waals surface area contributed by atoms with E-state index in [1.54, 1.807) is 37.3 Å². The van der Waals surface area contributed by atoms with E-state index in [4.69, 9.17) is 22.1 Å². The third-order valence-electron chi connectivity index (χ3n) is 3.35. The van der Waals surface area contributed by atoms with E-state index in [9.17, 15) is 19.5 Å². The molecule has 1 aliphatic rings. The van der Waals surface area contributed by atoms with Crippen LogP contribution in [0, 0.1) is 0 Å². The van der Waals surface area contributed by atoms with E-state index < -0.39 is 30.5 Å². The molecule has 9 heteroatoms. The van der Waals surface area contributed by atoms with Crippen LogP contribution in [0.25, 0.3) is 6.08 Å². The van der Waals surface area contributed by atoms with Gasteiger partial charge in [0.15, 0.2) is 6.61 Å². The Morgan fingerprint density at radius 2 is 1.96 bits per heavy atom. The fraction of sp³-hybridized carbons (Fsp3) is 0.250. The lowest BCUT2D eigenvalue weighted by Gasteiger charge is -2.21. The van der Waals surface area contributed by atoms with Crippen molar-refractivity contribution in [1.29, 1.82) is 0 Å². The molecule has 2 N–H and O–H groups in total. The van der Waals surface area contributed by atoms with Gasteiger partial charge in [0.05, 0.1) is 4.91 Å². The number of amides is 1. The Balaban J connectivity index is 2.16. The molecule has 25 heavy (non-hydrogen) atoms. The Kier molecular flexibility index (Phi) is 6.16.